The lowest BCUT2D eigenvalue weighted by atomic mass is 10.1. The van der Waals surface area contributed by atoms with E-state index in [2.05, 4.69) is 10.2 Å². The normalized spacial score (nSPS) is 10.4. The van der Waals surface area contributed by atoms with Gasteiger partial charge < -0.3 is 4.42 Å². The average Bonchev–Trinajstić information content (AvgIpc) is 2.56. The van der Waals surface area contributed by atoms with Crippen LogP contribution in [0.5, 0.6) is 0 Å². The minimum atomic E-state index is 0.592. The molecule has 0 aliphatic carbocycles. The summed E-state index contributed by atoms with van der Waals surface area (Å²) in [4.78, 5) is 0. The predicted molar refractivity (Wildman–Crippen MR) is 53.3 cm³/mol. The van der Waals surface area contributed by atoms with Crippen LogP contribution in [0.1, 0.15) is 17.3 Å². The van der Waals surface area contributed by atoms with Crippen LogP contribution in [-0.2, 0) is 6.42 Å². The molecule has 0 N–H and O–H groups in total. The third-order valence-corrected chi connectivity index (χ3v) is 2.09. The number of aryl methyl sites for hydroxylation is 1. The highest BCUT2D eigenvalue weighted by molar-refractivity contribution is 6.30. The van der Waals surface area contributed by atoms with E-state index in [9.17, 15) is 0 Å². The van der Waals surface area contributed by atoms with Crippen molar-refractivity contribution in [3.63, 3.8) is 0 Å². The molecule has 14 heavy (non-hydrogen) atoms. The summed E-state index contributed by atoms with van der Waals surface area (Å²) in [5.74, 6) is 1.22. The maximum absolute atomic E-state index is 5.77. The lowest BCUT2D eigenvalue weighted by Crippen LogP contribution is -1.87. The van der Waals surface area contributed by atoms with E-state index in [4.69, 9.17) is 16.0 Å². The molecule has 72 valence electrons. The highest BCUT2D eigenvalue weighted by atomic mass is 35.5. The number of hydrogen-bond donors (Lipinski definition) is 0. The molecular formula is C10H9ClN2O. The lowest BCUT2D eigenvalue weighted by Gasteiger charge is -1.96. The standard InChI is InChI=1S/C10H9ClN2O/c1-7-12-13-10(14-7)6-8-2-4-9(11)5-3-8/h2-5H,6H2,1H3. The molecule has 1 heterocycles. The summed E-state index contributed by atoms with van der Waals surface area (Å²) < 4.78 is 5.26. The molecule has 3 nitrogen and oxygen atoms in total. The molecule has 4 heteroatoms. The first-order chi connectivity index (χ1) is 6.74. The van der Waals surface area contributed by atoms with Gasteiger partial charge in [0.05, 0.1) is 6.42 Å². The largest absolute Gasteiger partial charge is 0.425 e. The molecule has 0 saturated heterocycles. The fourth-order valence-electron chi connectivity index (χ4n) is 1.19. The van der Waals surface area contributed by atoms with Gasteiger partial charge in [-0.25, -0.2) is 0 Å². The van der Waals surface area contributed by atoms with Gasteiger partial charge in [-0.15, -0.1) is 10.2 Å². The zero-order chi connectivity index (χ0) is 9.97. The Labute approximate surface area is 86.7 Å². The SMILES string of the molecule is Cc1nnc(Cc2ccc(Cl)cc2)o1. The highest BCUT2D eigenvalue weighted by Crippen LogP contribution is 2.12. The third-order valence-electron chi connectivity index (χ3n) is 1.84. The topological polar surface area (TPSA) is 38.9 Å². The maximum atomic E-state index is 5.77. The van der Waals surface area contributed by atoms with Crippen molar-refractivity contribution in [1.82, 2.24) is 10.2 Å². The van der Waals surface area contributed by atoms with E-state index in [1.807, 2.05) is 24.3 Å². The Balaban J connectivity index is 2.15. The number of hydrogen-bond acceptors (Lipinski definition) is 3. The van der Waals surface area contributed by atoms with Crippen molar-refractivity contribution in [1.29, 1.82) is 0 Å². The molecule has 0 atom stereocenters. The minimum absolute atomic E-state index is 0.592. The minimum Gasteiger partial charge on any atom is -0.425 e. The van der Waals surface area contributed by atoms with Gasteiger partial charge in [0.2, 0.25) is 11.8 Å². The van der Waals surface area contributed by atoms with E-state index in [0.29, 0.717) is 18.2 Å². The molecule has 0 spiro atoms. The van der Waals surface area contributed by atoms with E-state index in [1.165, 1.54) is 0 Å². The molecule has 0 aliphatic heterocycles. The first-order valence-corrected chi connectivity index (χ1v) is 4.65. The molecule has 1 aromatic heterocycles. The quantitative estimate of drug-likeness (QED) is 0.762. The van der Waals surface area contributed by atoms with Gasteiger partial charge in [0, 0.05) is 11.9 Å². The van der Waals surface area contributed by atoms with E-state index >= 15 is 0 Å². The molecule has 2 aromatic rings. The molecule has 2 rings (SSSR count). The van der Waals surface area contributed by atoms with Gasteiger partial charge >= 0.3 is 0 Å². The van der Waals surface area contributed by atoms with Crippen molar-refractivity contribution in [3.05, 3.63) is 46.6 Å². The Morgan fingerprint density at radius 3 is 2.50 bits per heavy atom. The summed E-state index contributed by atoms with van der Waals surface area (Å²) in [6.45, 7) is 1.78. The van der Waals surface area contributed by atoms with Crippen LogP contribution >= 0.6 is 11.6 Å². The average molecular weight is 209 g/mol. The van der Waals surface area contributed by atoms with Crippen LogP contribution in [0.25, 0.3) is 0 Å². The summed E-state index contributed by atoms with van der Waals surface area (Å²) in [6, 6.07) is 7.59. The second-order valence-corrected chi connectivity index (χ2v) is 3.45. The second kappa shape index (κ2) is 3.80. The van der Waals surface area contributed by atoms with Gasteiger partial charge in [-0.1, -0.05) is 23.7 Å². The monoisotopic (exact) mass is 208 g/mol. The summed E-state index contributed by atoms with van der Waals surface area (Å²) in [5, 5.41) is 8.40. The van der Waals surface area contributed by atoms with Crippen LogP contribution in [0.2, 0.25) is 5.02 Å². The summed E-state index contributed by atoms with van der Waals surface area (Å²) in [6.07, 6.45) is 0.651. The van der Waals surface area contributed by atoms with Crippen LogP contribution in [0, 0.1) is 6.92 Å². The van der Waals surface area contributed by atoms with Gasteiger partial charge in [0.25, 0.3) is 0 Å². The Morgan fingerprint density at radius 2 is 1.93 bits per heavy atom. The number of benzene rings is 1. The number of aromatic nitrogens is 2. The first-order valence-electron chi connectivity index (χ1n) is 4.27. The maximum Gasteiger partial charge on any atom is 0.220 e. The Hall–Kier alpha value is -1.35. The number of nitrogens with zero attached hydrogens (tertiary/aromatic N) is 2. The molecule has 0 unspecified atom stereocenters. The summed E-state index contributed by atoms with van der Waals surface area (Å²) in [7, 11) is 0. The van der Waals surface area contributed by atoms with Crippen molar-refractivity contribution in [2.24, 2.45) is 0 Å². The van der Waals surface area contributed by atoms with E-state index in [-0.39, 0.29) is 0 Å². The van der Waals surface area contributed by atoms with Gasteiger partial charge in [-0.3, -0.25) is 0 Å². The van der Waals surface area contributed by atoms with Crippen LogP contribution < -0.4 is 0 Å². The highest BCUT2D eigenvalue weighted by Gasteiger charge is 2.03. The number of halogens is 1. The number of rotatable bonds is 2. The van der Waals surface area contributed by atoms with Crippen LogP contribution in [0.15, 0.2) is 28.7 Å². The van der Waals surface area contributed by atoms with Gasteiger partial charge in [-0.2, -0.15) is 0 Å². The van der Waals surface area contributed by atoms with Gasteiger partial charge in [0.1, 0.15) is 0 Å². The Bertz CT molecular complexity index is 422. The molecule has 0 radical (unpaired) electrons. The molecule has 0 amide bonds. The third kappa shape index (κ3) is 2.12. The molecule has 0 fully saturated rings. The Morgan fingerprint density at radius 1 is 1.21 bits per heavy atom. The van der Waals surface area contributed by atoms with Crippen molar-refractivity contribution in [3.8, 4) is 0 Å². The molecule has 1 aromatic carbocycles. The molecular weight excluding hydrogens is 200 g/mol. The van der Waals surface area contributed by atoms with Crippen molar-refractivity contribution < 1.29 is 4.42 Å². The van der Waals surface area contributed by atoms with Crippen LogP contribution in [-0.4, -0.2) is 10.2 Å². The Kier molecular flexibility index (Phi) is 2.50. The van der Waals surface area contributed by atoms with Crippen molar-refractivity contribution in [2.45, 2.75) is 13.3 Å². The summed E-state index contributed by atoms with van der Waals surface area (Å²) >= 11 is 5.77. The van der Waals surface area contributed by atoms with Crippen LogP contribution in [0.3, 0.4) is 0 Å². The van der Waals surface area contributed by atoms with E-state index < -0.39 is 0 Å². The fourth-order valence-corrected chi connectivity index (χ4v) is 1.31. The predicted octanol–water partition coefficient (Wildman–Crippen LogP) is 2.62. The summed E-state index contributed by atoms with van der Waals surface area (Å²) in [5.41, 5.74) is 1.11. The van der Waals surface area contributed by atoms with Gasteiger partial charge in [0.15, 0.2) is 0 Å². The lowest BCUT2D eigenvalue weighted by molar-refractivity contribution is 0.477. The van der Waals surface area contributed by atoms with Crippen molar-refractivity contribution >= 4 is 11.6 Å². The van der Waals surface area contributed by atoms with Crippen LogP contribution in [0.4, 0.5) is 0 Å². The van der Waals surface area contributed by atoms with E-state index in [1.54, 1.807) is 6.92 Å². The molecule has 0 saturated carbocycles. The first kappa shape index (κ1) is 9.21. The molecule has 0 bridgehead atoms. The van der Waals surface area contributed by atoms with Gasteiger partial charge in [-0.05, 0) is 17.7 Å². The second-order valence-electron chi connectivity index (χ2n) is 3.02. The zero-order valence-electron chi connectivity index (χ0n) is 7.70. The fraction of sp³-hybridized carbons (Fsp3) is 0.200. The smallest absolute Gasteiger partial charge is 0.220 e. The zero-order valence-corrected chi connectivity index (χ0v) is 8.45. The van der Waals surface area contributed by atoms with Crippen molar-refractivity contribution in [2.75, 3.05) is 0 Å². The van der Waals surface area contributed by atoms with E-state index in [0.717, 1.165) is 10.6 Å². The molecule has 0 aliphatic rings.